The molecule has 1 fully saturated rings. The van der Waals surface area contributed by atoms with Crippen LogP contribution < -0.4 is 9.47 Å². The normalized spacial score (nSPS) is 23.4. The van der Waals surface area contributed by atoms with Gasteiger partial charge in [0.15, 0.2) is 0 Å². The molecule has 0 saturated carbocycles. The molecule has 2 atom stereocenters. The Morgan fingerprint density at radius 2 is 2.14 bits per heavy atom. The molecule has 1 aromatic carbocycles. The number of hydrogen-bond donors (Lipinski definition) is 0. The van der Waals surface area contributed by atoms with Crippen LogP contribution in [-0.2, 0) is 11.3 Å². The summed E-state index contributed by atoms with van der Waals surface area (Å²) in [5, 5.41) is 0. The van der Waals surface area contributed by atoms with Crippen molar-refractivity contribution in [3.8, 4) is 11.5 Å². The van der Waals surface area contributed by atoms with Crippen LogP contribution in [0, 0.1) is 5.92 Å². The lowest BCUT2D eigenvalue weighted by Crippen LogP contribution is -2.45. The number of likely N-dealkylation sites (tertiary alicyclic amines) is 1. The predicted molar refractivity (Wildman–Crippen MR) is 111 cm³/mol. The number of piperidine rings is 1. The van der Waals surface area contributed by atoms with E-state index in [1.165, 1.54) is 19.4 Å². The molecule has 0 aromatic heterocycles. The highest BCUT2D eigenvalue weighted by molar-refractivity contribution is 5.78. The third-order valence-corrected chi connectivity index (χ3v) is 5.88. The van der Waals surface area contributed by atoms with E-state index < -0.39 is 0 Å². The summed E-state index contributed by atoms with van der Waals surface area (Å²) in [6, 6.07) is 5.92. The van der Waals surface area contributed by atoms with Gasteiger partial charge in [-0.25, -0.2) is 0 Å². The molecule has 1 amide bonds. The number of ether oxygens (including phenoxy) is 2. The minimum atomic E-state index is 0.0305. The van der Waals surface area contributed by atoms with Gasteiger partial charge >= 0.3 is 0 Å². The number of benzene rings is 1. The molecule has 1 aromatic rings. The van der Waals surface area contributed by atoms with Crippen LogP contribution in [0.3, 0.4) is 0 Å². The van der Waals surface area contributed by atoms with Gasteiger partial charge in [0.25, 0.3) is 0 Å². The third-order valence-electron chi connectivity index (χ3n) is 5.88. The second kappa shape index (κ2) is 9.61. The lowest BCUT2D eigenvalue weighted by molar-refractivity contribution is -0.132. The van der Waals surface area contributed by atoms with Crippen LogP contribution in [0.25, 0.3) is 0 Å². The van der Waals surface area contributed by atoms with E-state index in [4.69, 9.17) is 9.47 Å². The van der Waals surface area contributed by atoms with Crippen molar-refractivity contribution < 1.29 is 14.3 Å². The fourth-order valence-electron chi connectivity index (χ4n) is 4.33. The number of hydrogen-bond acceptors (Lipinski definition) is 5. The zero-order chi connectivity index (χ0) is 20.1. The van der Waals surface area contributed by atoms with Crippen LogP contribution in [0.15, 0.2) is 18.2 Å². The lowest BCUT2D eigenvalue weighted by Gasteiger charge is -2.34. The first kappa shape index (κ1) is 20.9. The van der Waals surface area contributed by atoms with Crippen LogP contribution in [0.1, 0.15) is 32.3 Å². The van der Waals surface area contributed by atoms with Gasteiger partial charge in [-0.2, -0.15) is 0 Å². The maximum Gasteiger partial charge on any atom is 0.236 e. The Morgan fingerprint density at radius 3 is 2.89 bits per heavy atom. The fourth-order valence-corrected chi connectivity index (χ4v) is 4.33. The Hall–Kier alpha value is -1.79. The number of methoxy groups -OCH3 is 1. The van der Waals surface area contributed by atoms with E-state index in [0.29, 0.717) is 12.5 Å². The molecule has 1 saturated heterocycles. The topological polar surface area (TPSA) is 45.2 Å². The second-order valence-electron chi connectivity index (χ2n) is 8.25. The molecule has 0 aliphatic carbocycles. The minimum Gasteiger partial charge on any atom is -0.497 e. The van der Waals surface area contributed by atoms with Crippen LogP contribution >= 0.6 is 0 Å². The first-order chi connectivity index (χ1) is 13.5. The predicted octanol–water partition coefficient (Wildman–Crippen LogP) is 2.47. The minimum absolute atomic E-state index is 0.0305. The third kappa shape index (κ3) is 5.39. The lowest BCUT2D eigenvalue weighted by atomic mass is 9.97. The van der Waals surface area contributed by atoms with Crippen LogP contribution in [0.4, 0.5) is 0 Å². The average Bonchev–Trinajstić information content (AvgIpc) is 2.84. The fraction of sp³-hybridized carbons (Fsp3) is 0.682. The number of carbonyl (C=O) groups is 1. The Balaban J connectivity index is 1.58. The number of likely N-dealkylation sites (N-methyl/N-ethyl adjacent to an activating group) is 1. The van der Waals surface area contributed by atoms with Crippen LogP contribution in [-0.4, -0.2) is 80.1 Å². The van der Waals surface area contributed by atoms with Gasteiger partial charge in [-0.3, -0.25) is 9.69 Å². The van der Waals surface area contributed by atoms with E-state index in [-0.39, 0.29) is 12.0 Å². The summed E-state index contributed by atoms with van der Waals surface area (Å²) in [5.74, 6) is 2.43. The van der Waals surface area contributed by atoms with E-state index in [1.54, 1.807) is 7.11 Å². The number of amides is 1. The van der Waals surface area contributed by atoms with Crippen LogP contribution in [0.5, 0.6) is 11.5 Å². The van der Waals surface area contributed by atoms with Crippen molar-refractivity contribution in [2.45, 2.75) is 39.3 Å². The van der Waals surface area contributed by atoms with Gasteiger partial charge in [0.05, 0.1) is 13.7 Å². The van der Waals surface area contributed by atoms with Gasteiger partial charge < -0.3 is 19.3 Å². The average molecular weight is 390 g/mol. The second-order valence-corrected chi connectivity index (χ2v) is 8.25. The van der Waals surface area contributed by atoms with Gasteiger partial charge in [0.1, 0.15) is 17.6 Å². The van der Waals surface area contributed by atoms with E-state index in [2.05, 4.69) is 23.6 Å². The summed E-state index contributed by atoms with van der Waals surface area (Å²) < 4.78 is 11.4. The Bertz CT molecular complexity index is 666. The first-order valence-corrected chi connectivity index (χ1v) is 10.5. The van der Waals surface area contributed by atoms with Gasteiger partial charge in [-0.15, -0.1) is 0 Å². The summed E-state index contributed by atoms with van der Waals surface area (Å²) in [7, 11) is 3.61. The molecule has 2 heterocycles. The molecule has 0 radical (unpaired) electrons. The Kier molecular flexibility index (Phi) is 7.18. The van der Waals surface area contributed by atoms with Crippen molar-refractivity contribution in [3.05, 3.63) is 23.8 Å². The zero-order valence-corrected chi connectivity index (χ0v) is 17.8. The molecule has 0 spiro atoms. The van der Waals surface area contributed by atoms with Gasteiger partial charge in [-0.1, -0.05) is 13.0 Å². The molecule has 6 heteroatoms. The highest BCUT2D eigenvalue weighted by Crippen LogP contribution is 2.29. The van der Waals surface area contributed by atoms with Crippen molar-refractivity contribution in [1.82, 2.24) is 14.7 Å². The maximum absolute atomic E-state index is 12.9. The van der Waals surface area contributed by atoms with Crippen molar-refractivity contribution in [1.29, 1.82) is 0 Å². The summed E-state index contributed by atoms with van der Waals surface area (Å²) in [6.07, 6.45) is 2.49. The number of carbonyl (C=O) groups excluding carboxylic acids is 1. The molecule has 2 aliphatic rings. The van der Waals surface area contributed by atoms with Gasteiger partial charge in [0, 0.05) is 44.9 Å². The van der Waals surface area contributed by atoms with Gasteiger partial charge in [0.2, 0.25) is 5.91 Å². The Morgan fingerprint density at radius 1 is 1.32 bits per heavy atom. The number of nitrogens with zero attached hydrogens (tertiary/aromatic N) is 3. The highest BCUT2D eigenvalue weighted by Gasteiger charge is 2.25. The van der Waals surface area contributed by atoms with Crippen molar-refractivity contribution >= 4 is 5.91 Å². The smallest absolute Gasteiger partial charge is 0.236 e. The molecule has 28 heavy (non-hydrogen) atoms. The van der Waals surface area contributed by atoms with Crippen LogP contribution in [0.2, 0.25) is 0 Å². The summed E-state index contributed by atoms with van der Waals surface area (Å²) in [5.41, 5.74) is 1.10. The molecule has 3 rings (SSSR count). The highest BCUT2D eigenvalue weighted by atomic mass is 16.5. The number of fused-ring (bicyclic) bond motifs is 1. The SMILES string of the molecule is CCN1CCC[C@@H](CN(C)C(=O)CN2Cc3ccc(OC)cc3O[C@@H](C)C2)C1. The molecule has 6 nitrogen and oxygen atoms in total. The molecule has 0 N–H and O–H groups in total. The molecule has 0 bridgehead atoms. The van der Waals surface area contributed by atoms with E-state index in [1.807, 2.05) is 30.1 Å². The largest absolute Gasteiger partial charge is 0.497 e. The summed E-state index contributed by atoms with van der Waals surface area (Å²) in [4.78, 5) is 19.5. The molecule has 0 unspecified atom stereocenters. The monoisotopic (exact) mass is 389 g/mol. The van der Waals surface area contributed by atoms with Crippen molar-refractivity contribution in [2.24, 2.45) is 5.92 Å². The standard InChI is InChI=1S/C22H35N3O3/c1-5-24-10-6-7-18(14-24)13-23(3)22(26)16-25-12-17(2)28-21-11-20(27-4)9-8-19(21)15-25/h8-9,11,17-18H,5-7,10,12-16H2,1-4H3/t17-,18-/m0/s1. The quantitative estimate of drug-likeness (QED) is 0.748. The van der Waals surface area contributed by atoms with E-state index in [0.717, 1.165) is 49.8 Å². The van der Waals surface area contributed by atoms with Gasteiger partial charge in [-0.05, 0) is 44.8 Å². The molecule has 2 aliphatic heterocycles. The van der Waals surface area contributed by atoms with E-state index in [9.17, 15) is 4.79 Å². The summed E-state index contributed by atoms with van der Waals surface area (Å²) >= 11 is 0. The molecule has 156 valence electrons. The molecular formula is C22H35N3O3. The Labute approximate surface area is 169 Å². The maximum atomic E-state index is 12.9. The van der Waals surface area contributed by atoms with Crippen molar-refractivity contribution in [2.75, 3.05) is 53.4 Å². The zero-order valence-electron chi connectivity index (χ0n) is 17.8. The number of rotatable bonds is 6. The molecular weight excluding hydrogens is 354 g/mol. The first-order valence-electron chi connectivity index (χ1n) is 10.5. The summed E-state index contributed by atoms with van der Waals surface area (Å²) in [6.45, 7) is 10.4. The van der Waals surface area contributed by atoms with Crippen molar-refractivity contribution in [3.63, 3.8) is 0 Å². The van der Waals surface area contributed by atoms with E-state index >= 15 is 0 Å².